The lowest BCUT2D eigenvalue weighted by atomic mass is 10.3. The Kier molecular flexibility index (Phi) is 6.70. The molecule has 128 valence electrons. The second kappa shape index (κ2) is 8.76. The van der Waals surface area contributed by atoms with E-state index in [1.165, 1.54) is 6.07 Å². The molecule has 0 saturated carbocycles. The average molecular weight is 369 g/mol. The Bertz CT molecular complexity index is 775. The Morgan fingerprint density at radius 1 is 1.25 bits per heavy atom. The Morgan fingerprint density at radius 2 is 2.04 bits per heavy atom. The number of hydrogen-bond acceptors (Lipinski definition) is 3. The molecule has 2 aromatic rings. The van der Waals surface area contributed by atoms with Crippen LogP contribution in [0.5, 0.6) is 5.75 Å². The average Bonchev–Trinajstić information content (AvgIpc) is 2.53. The zero-order valence-electron chi connectivity index (χ0n) is 13.2. The van der Waals surface area contributed by atoms with Gasteiger partial charge >= 0.3 is 0 Å². The smallest absolute Gasteiger partial charge is 0.257 e. The topological polar surface area (TPSA) is 60.3 Å². The molecule has 0 bridgehead atoms. The number of aryl methyl sites for hydroxylation is 1. The van der Waals surface area contributed by atoms with Gasteiger partial charge in [-0.2, -0.15) is 0 Å². The first-order valence-corrected chi connectivity index (χ1v) is 8.24. The molecule has 5 nitrogen and oxygen atoms in total. The van der Waals surface area contributed by atoms with Crippen LogP contribution in [0.1, 0.15) is 12.1 Å². The van der Waals surface area contributed by atoms with Crippen LogP contribution in [-0.4, -0.2) is 23.6 Å². The molecule has 0 radical (unpaired) electrons. The van der Waals surface area contributed by atoms with Crippen LogP contribution in [0.15, 0.2) is 41.2 Å². The van der Waals surface area contributed by atoms with E-state index in [2.05, 4.69) is 5.32 Å². The van der Waals surface area contributed by atoms with Crippen LogP contribution in [0, 0.1) is 6.92 Å². The van der Waals surface area contributed by atoms with Gasteiger partial charge in [0.05, 0.1) is 5.02 Å². The fourth-order valence-electron chi connectivity index (χ4n) is 2.16. The molecule has 0 unspecified atom stereocenters. The van der Waals surface area contributed by atoms with Gasteiger partial charge in [0.2, 0.25) is 0 Å². The number of nitrogens with zero attached hydrogens (tertiary/aromatic N) is 1. The van der Waals surface area contributed by atoms with Crippen molar-refractivity contribution in [3.8, 4) is 5.75 Å². The second-order valence-electron chi connectivity index (χ2n) is 5.22. The number of carbonyl (C=O) groups is 1. The van der Waals surface area contributed by atoms with Crippen molar-refractivity contribution in [2.45, 2.75) is 19.9 Å². The molecule has 0 aliphatic carbocycles. The van der Waals surface area contributed by atoms with Gasteiger partial charge in [-0.05, 0) is 37.6 Å². The van der Waals surface area contributed by atoms with Crippen molar-refractivity contribution in [1.29, 1.82) is 0 Å². The first-order chi connectivity index (χ1) is 11.5. The molecule has 1 heterocycles. The standard InChI is InChI=1S/C17H18Cl2N2O3/c1-12-4-2-5-17(23)21(12)9-3-8-20-16(22)11-24-15-7-6-13(18)10-14(15)19/h2,4-7,10H,3,8-9,11H2,1H3,(H,20,22). The lowest BCUT2D eigenvalue weighted by Crippen LogP contribution is -2.31. The summed E-state index contributed by atoms with van der Waals surface area (Å²) in [6, 6.07) is 9.94. The summed E-state index contributed by atoms with van der Waals surface area (Å²) >= 11 is 11.8. The number of pyridine rings is 1. The van der Waals surface area contributed by atoms with Gasteiger partial charge in [0.1, 0.15) is 5.75 Å². The van der Waals surface area contributed by atoms with Gasteiger partial charge in [0.15, 0.2) is 6.61 Å². The molecule has 24 heavy (non-hydrogen) atoms. The van der Waals surface area contributed by atoms with Crippen molar-refractivity contribution >= 4 is 29.1 Å². The van der Waals surface area contributed by atoms with Crippen molar-refractivity contribution in [3.63, 3.8) is 0 Å². The van der Waals surface area contributed by atoms with Gasteiger partial charge in [0, 0.05) is 29.9 Å². The Balaban J connectivity index is 1.73. The summed E-state index contributed by atoms with van der Waals surface area (Å²) in [6.07, 6.45) is 0.651. The highest BCUT2D eigenvalue weighted by Gasteiger charge is 2.06. The predicted octanol–water partition coefficient (Wildman–Crippen LogP) is 3.05. The van der Waals surface area contributed by atoms with E-state index in [0.29, 0.717) is 35.3 Å². The van der Waals surface area contributed by atoms with E-state index in [0.717, 1.165) is 5.69 Å². The van der Waals surface area contributed by atoms with Crippen LogP contribution in [0.2, 0.25) is 10.0 Å². The second-order valence-corrected chi connectivity index (χ2v) is 6.07. The minimum atomic E-state index is -0.252. The third-order valence-electron chi connectivity index (χ3n) is 3.40. The molecular weight excluding hydrogens is 351 g/mol. The number of aromatic nitrogens is 1. The van der Waals surface area contributed by atoms with Crippen molar-refractivity contribution in [1.82, 2.24) is 9.88 Å². The molecular formula is C17H18Cl2N2O3. The third kappa shape index (κ3) is 5.28. The molecule has 1 amide bonds. The summed E-state index contributed by atoms with van der Waals surface area (Å²) in [5.74, 6) is 0.154. The number of hydrogen-bond donors (Lipinski definition) is 1. The predicted molar refractivity (Wildman–Crippen MR) is 95.0 cm³/mol. The monoisotopic (exact) mass is 368 g/mol. The first kappa shape index (κ1) is 18.4. The van der Waals surface area contributed by atoms with E-state index in [9.17, 15) is 9.59 Å². The zero-order valence-corrected chi connectivity index (χ0v) is 14.7. The van der Waals surface area contributed by atoms with Crippen LogP contribution in [0.3, 0.4) is 0 Å². The number of benzene rings is 1. The molecule has 2 rings (SSSR count). The zero-order chi connectivity index (χ0) is 17.5. The molecule has 7 heteroatoms. The van der Waals surface area contributed by atoms with E-state index in [4.69, 9.17) is 27.9 Å². The van der Waals surface area contributed by atoms with E-state index in [-0.39, 0.29) is 18.1 Å². The molecule has 0 aliphatic rings. The largest absolute Gasteiger partial charge is 0.482 e. The Hall–Kier alpha value is -1.98. The van der Waals surface area contributed by atoms with Crippen LogP contribution in [0.4, 0.5) is 0 Å². The number of amides is 1. The molecule has 0 saturated heterocycles. The maximum absolute atomic E-state index is 11.8. The van der Waals surface area contributed by atoms with Crippen molar-refractivity contribution in [2.75, 3.05) is 13.2 Å². The van der Waals surface area contributed by atoms with Crippen LogP contribution in [-0.2, 0) is 11.3 Å². The molecule has 0 fully saturated rings. The number of ether oxygens (including phenoxy) is 1. The van der Waals surface area contributed by atoms with Crippen molar-refractivity contribution in [2.24, 2.45) is 0 Å². The lowest BCUT2D eigenvalue weighted by molar-refractivity contribution is -0.123. The van der Waals surface area contributed by atoms with Gasteiger partial charge in [-0.3, -0.25) is 9.59 Å². The van der Waals surface area contributed by atoms with E-state index in [1.807, 2.05) is 13.0 Å². The quantitative estimate of drug-likeness (QED) is 0.764. The van der Waals surface area contributed by atoms with E-state index >= 15 is 0 Å². The fraction of sp³-hybridized carbons (Fsp3) is 0.294. The van der Waals surface area contributed by atoms with Crippen LogP contribution in [0.25, 0.3) is 0 Å². The van der Waals surface area contributed by atoms with Gasteiger partial charge in [-0.15, -0.1) is 0 Å². The normalized spacial score (nSPS) is 10.5. The fourth-order valence-corrected chi connectivity index (χ4v) is 2.62. The number of rotatable bonds is 7. The summed E-state index contributed by atoms with van der Waals surface area (Å²) in [6.45, 7) is 2.75. The minimum Gasteiger partial charge on any atom is -0.482 e. The molecule has 0 aliphatic heterocycles. The number of halogens is 2. The Labute approximate surface area is 150 Å². The van der Waals surface area contributed by atoms with Crippen LogP contribution < -0.4 is 15.6 Å². The maximum Gasteiger partial charge on any atom is 0.257 e. The molecule has 1 aromatic carbocycles. The highest BCUT2D eigenvalue weighted by Crippen LogP contribution is 2.27. The van der Waals surface area contributed by atoms with Crippen molar-refractivity contribution < 1.29 is 9.53 Å². The SMILES string of the molecule is Cc1cccc(=O)n1CCCNC(=O)COc1ccc(Cl)cc1Cl. The molecule has 0 spiro atoms. The molecule has 1 N–H and O–H groups in total. The highest BCUT2D eigenvalue weighted by atomic mass is 35.5. The van der Waals surface area contributed by atoms with E-state index < -0.39 is 0 Å². The third-order valence-corrected chi connectivity index (χ3v) is 3.93. The summed E-state index contributed by atoms with van der Waals surface area (Å²) in [5, 5.41) is 3.60. The lowest BCUT2D eigenvalue weighted by Gasteiger charge is -2.11. The van der Waals surface area contributed by atoms with Gasteiger partial charge in [-0.1, -0.05) is 29.3 Å². The Morgan fingerprint density at radius 3 is 2.75 bits per heavy atom. The summed E-state index contributed by atoms with van der Waals surface area (Å²) in [7, 11) is 0. The highest BCUT2D eigenvalue weighted by molar-refractivity contribution is 6.35. The molecule has 1 aromatic heterocycles. The van der Waals surface area contributed by atoms with Crippen LogP contribution >= 0.6 is 23.2 Å². The number of carbonyl (C=O) groups excluding carboxylic acids is 1. The van der Waals surface area contributed by atoms with E-state index in [1.54, 1.807) is 28.8 Å². The van der Waals surface area contributed by atoms with Crippen molar-refractivity contribution in [3.05, 3.63) is 62.5 Å². The number of nitrogens with one attached hydrogen (secondary N) is 1. The van der Waals surface area contributed by atoms with Gasteiger partial charge < -0.3 is 14.6 Å². The summed E-state index contributed by atoms with van der Waals surface area (Å²) in [5.41, 5.74) is 0.858. The summed E-state index contributed by atoms with van der Waals surface area (Å²) in [4.78, 5) is 23.5. The summed E-state index contributed by atoms with van der Waals surface area (Å²) < 4.78 is 7.03. The minimum absolute atomic E-state index is 0.0398. The maximum atomic E-state index is 11.8. The van der Waals surface area contributed by atoms with Gasteiger partial charge in [-0.25, -0.2) is 0 Å². The molecule has 0 atom stereocenters. The van der Waals surface area contributed by atoms with Gasteiger partial charge in [0.25, 0.3) is 11.5 Å². The first-order valence-electron chi connectivity index (χ1n) is 7.48.